The molecule has 0 heterocycles. The van der Waals surface area contributed by atoms with Gasteiger partial charge in [-0.2, -0.15) is 0 Å². The van der Waals surface area contributed by atoms with Crippen molar-refractivity contribution in [2.75, 3.05) is 6.54 Å². The van der Waals surface area contributed by atoms with Gasteiger partial charge < -0.3 is 15.4 Å². The Balaban J connectivity index is 3.01. The predicted molar refractivity (Wildman–Crippen MR) is 103 cm³/mol. The highest BCUT2D eigenvalue weighted by Crippen LogP contribution is 2.24. The molecule has 0 saturated heterocycles. The lowest BCUT2D eigenvalue weighted by Crippen LogP contribution is -2.55. The Morgan fingerprint density at radius 3 is 2.25 bits per heavy atom. The molecule has 28 heavy (non-hydrogen) atoms. The minimum Gasteiger partial charge on any atom is -0.444 e. The van der Waals surface area contributed by atoms with Gasteiger partial charge in [-0.15, -0.1) is 0 Å². The molecule has 1 aromatic rings. The Labute approximate surface area is 164 Å². The number of amides is 2. The van der Waals surface area contributed by atoms with E-state index < -0.39 is 39.6 Å². The topological polar surface area (TPSA) is 111 Å². The number of rotatable bonds is 7. The molecule has 0 fully saturated rings. The molecular formula is C19H28FN3O5. The number of nitro benzene ring substituents is 1. The fourth-order valence-electron chi connectivity index (χ4n) is 2.57. The van der Waals surface area contributed by atoms with E-state index in [1.54, 1.807) is 20.8 Å². The molecule has 2 N–H and O–H groups in total. The van der Waals surface area contributed by atoms with Crippen LogP contribution in [0.4, 0.5) is 14.9 Å². The Morgan fingerprint density at radius 2 is 1.79 bits per heavy atom. The summed E-state index contributed by atoms with van der Waals surface area (Å²) in [6, 6.07) is 2.01. The normalized spacial score (nSPS) is 11.7. The highest BCUT2D eigenvalue weighted by atomic mass is 19.1. The number of nitrogens with zero attached hydrogens (tertiary/aromatic N) is 1. The lowest BCUT2D eigenvalue weighted by Gasteiger charge is -2.33. The van der Waals surface area contributed by atoms with Gasteiger partial charge in [0.25, 0.3) is 11.6 Å². The zero-order valence-electron chi connectivity index (χ0n) is 17.1. The molecule has 1 rings (SSSR count). The maximum Gasteiger partial charge on any atom is 0.407 e. The van der Waals surface area contributed by atoms with E-state index in [-0.39, 0.29) is 17.7 Å². The van der Waals surface area contributed by atoms with Crippen molar-refractivity contribution in [2.24, 2.45) is 0 Å². The van der Waals surface area contributed by atoms with Gasteiger partial charge in [0.1, 0.15) is 11.4 Å². The summed E-state index contributed by atoms with van der Waals surface area (Å²) in [6.07, 6.45) is 0.327. The quantitative estimate of drug-likeness (QED) is 0.536. The molecule has 1 aromatic carbocycles. The molecule has 0 saturated carbocycles. The minimum absolute atomic E-state index is 0.0943. The fraction of sp³-hybridized carbons (Fsp3) is 0.579. The van der Waals surface area contributed by atoms with E-state index in [4.69, 9.17) is 4.74 Å². The predicted octanol–water partition coefficient (Wildman–Crippen LogP) is 3.86. The standard InChI is InChI=1S/C19H28FN3O5/c1-7-19(8-2,11-21-17(25)28-18(4,5)6)22-16(24)13-9-14(20)12(3)15(10-13)23(26)27/h9-10H,7-8,11H2,1-6H3,(H,21,25)(H,22,24). The Kier molecular flexibility index (Phi) is 7.49. The number of nitro groups is 1. The molecule has 9 heteroatoms. The summed E-state index contributed by atoms with van der Waals surface area (Å²) in [6.45, 7) is 10.2. The third-order valence-electron chi connectivity index (χ3n) is 4.48. The van der Waals surface area contributed by atoms with Crippen molar-refractivity contribution in [1.82, 2.24) is 10.6 Å². The maximum absolute atomic E-state index is 14.0. The summed E-state index contributed by atoms with van der Waals surface area (Å²) in [7, 11) is 0. The van der Waals surface area contributed by atoms with Crippen LogP contribution in [0.1, 0.15) is 63.4 Å². The summed E-state index contributed by atoms with van der Waals surface area (Å²) in [4.78, 5) is 34.9. The van der Waals surface area contributed by atoms with Gasteiger partial charge in [-0.1, -0.05) is 13.8 Å². The molecule has 0 aliphatic heterocycles. The van der Waals surface area contributed by atoms with Gasteiger partial charge >= 0.3 is 6.09 Å². The fourth-order valence-corrected chi connectivity index (χ4v) is 2.57. The Morgan fingerprint density at radius 1 is 1.21 bits per heavy atom. The summed E-state index contributed by atoms with van der Waals surface area (Å²) in [5, 5.41) is 16.5. The summed E-state index contributed by atoms with van der Waals surface area (Å²) < 4.78 is 19.2. The van der Waals surface area contributed by atoms with Crippen LogP contribution in [0.15, 0.2) is 12.1 Å². The van der Waals surface area contributed by atoms with Crippen molar-refractivity contribution in [3.8, 4) is 0 Å². The van der Waals surface area contributed by atoms with Crippen LogP contribution in [-0.4, -0.2) is 34.6 Å². The van der Waals surface area contributed by atoms with E-state index in [1.165, 1.54) is 6.92 Å². The second-order valence-corrected chi connectivity index (χ2v) is 7.66. The maximum atomic E-state index is 14.0. The number of halogens is 1. The number of ether oxygens (including phenoxy) is 1. The van der Waals surface area contributed by atoms with Crippen LogP contribution in [0.3, 0.4) is 0 Å². The number of hydrogen-bond acceptors (Lipinski definition) is 5. The molecule has 0 spiro atoms. The minimum atomic E-state index is -0.829. The summed E-state index contributed by atoms with van der Waals surface area (Å²) >= 11 is 0. The SMILES string of the molecule is CCC(CC)(CNC(=O)OC(C)(C)C)NC(=O)c1cc(F)c(C)c([N+](=O)[O-])c1. The van der Waals surface area contributed by atoms with E-state index in [1.807, 2.05) is 13.8 Å². The van der Waals surface area contributed by atoms with Gasteiger partial charge in [0, 0.05) is 18.2 Å². The van der Waals surface area contributed by atoms with Crippen molar-refractivity contribution >= 4 is 17.7 Å². The van der Waals surface area contributed by atoms with Gasteiger partial charge in [-0.25, -0.2) is 9.18 Å². The first-order valence-corrected chi connectivity index (χ1v) is 9.08. The van der Waals surface area contributed by atoms with Crippen molar-refractivity contribution in [1.29, 1.82) is 0 Å². The molecule has 2 amide bonds. The average molecular weight is 397 g/mol. The average Bonchev–Trinajstić information content (AvgIpc) is 2.59. The lowest BCUT2D eigenvalue weighted by atomic mass is 9.92. The first-order valence-electron chi connectivity index (χ1n) is 9.08. The number of alkyl carbamates (subject to hydrolysis) is 1. The van der Waals surface area contributed by atoms with Gasteiger partial charge in [0.15, 0.2) is 0 Å². The lowest BCUT2D eigenvalue weighted by molar-refractivity contribution is -0.385. The highest BCUT2D eigenvalue weighted by molar-refractivity contribution is 5.95. The van der Waals surface area contributed by atoms with Crippen LogP contribution >= 0.6 is 0 Å². The van der Waals surface area contributed by atoms with E-state index in [9.17, 15) is 24.1 Å². The molecule has 8 nitrogen and oxygen atoms in total. The number of carbonyl (C=O) groups excluding carboxylic acids is 2. The Hall–Kier alpha value is -2.71. The molecule has 0 radical (unpaired) electrons. The molecule has 0 aliphatic carbocycles. The molecule has 0 aliphatic rings. The van der Waals surface area contributed by atoms with Crippen molar-refractivity contribution in [3.05, 3.63) is 39.2 Å². The first kappa shape index (κ1) is 23.3. The van der Waals surface area contributed by atoms with E-state index >= 15 is 0 Å². The van der Waals surface area contributed by atoms with Gasteiger partial charge in [-0.3, -0.25) is 14.9 Å². The van der Waals surface area contributed by atoms with E-state index in [0.717, 1.165) is 12.1 Å². The number of carbonyl (C=O) groups is 2. The third-order valence-corrected chi connectivity index (χ3v) is 4.48. The molecular weight excluding hydrogens is 369 g/mol. The largest absolute Gasteiger partial charge is 0.444 e. The zero-order chi connectivity index (χ0) is 21.7. The smallest absolute Gasteiger partial charge is 0.407 e. The molecule has 0 atom stereocenters. The number of hydrogen-bond donors (Lipinski definition) is 2. The summed E-state index contributed by atoms with van der Waals surface area (Å²) in [5.74, 6) is -1.48. The van der Waals surface area contributed by atoms with Crippen LogP contribution in [0, 0.1) is 22.9 Å². The van der Waals surface area contributed by atoms with Gasteiger partial charge in [0.05, 0.1) is 16.0 Å². The molecule has 0 bridgehead atoms. The summed E-state index contributed by atoms with van der Waals surface area (Å²) in [5.41, 5.74) is -2.23. The first-order chi connectivity index (χ1) is 12.8. The van der Waals surface area contributed by atoms with Crippen LogP contribution in [0.5, 0.6) is 0 Å². The highest BCUT2D eigenvalue weighted by Gasteiger charge is 2.31. The number of benzene rings is 1. The monoisotopic (exact) mass is 397 g/mol. The second-order valence-electron chi connectivity index (χ2n) is 7.66. The molecule has 156 valence electrons. The molecule has 0 aromatic heterocycles. The number of nitrogens with one attached hydrogen (secondary N) is 2. The Bertz CT molecular complexity index is 755. The van der Waals surface area contributed by atoms with E-state index in [0.29, 0.717) is 12.8 Å². The van der Waals surface area contributed by atoms with Crippen molar-refractivity contribution in [2.45, 2.75) is 65.5 Å². The van der Waals surface area contributed by atoms with Crippen LogP contribution in [0.2, 0.25) is 0 Å². The van der Waals surface area contributed by atoms with E-state index in [2.05, 4.69) is 10.6 Å². The zero-order valence-corrected chi connectivity index (χ0v) is 17.1. The molecule has 0 unspecified atom stereocenters. The van der Waals surface area contributed by atoms with Crippen molar-refractivity contribution < 1.29 is 23.6 Å². The van der Waals surface area contributed by atoms with Crippen LogP contribution in [0.25, 0.3) is 0 Å². The second kappa shape index (κ2) is 8.99. The van der Waals surface area contributed by atoms with Gasteiger partial charge in [0.2, 0.25) is 0 Å². The van der Waals surface area contributed by atoms with Crippen LogP contribution in [-0.2, 0) is 4.74 Å². The van der Waals surface area contributed by atoms with Crippen LogP contribution < -0.4 is 10.6 Å². The third kappa shape index (κ3) is 6.17. The van der Waals surface area contributed by atoms with Crippen molar-refractivity contribution in [3.63, 3.8) is 0 Å². The van der Waals surface area contributed by atoms with Gasteiger partial charge in [-0.05, 0) is 46.6 Å².